The Kier molecular flexibility index (Phi) is 3.51. The molecule has 0 unspecified atom stereocenters. The van der Waals surface area contributed by atoms with E-state index < -0.39 is 17.3 Å². The number of hydrogen-bond donors (Lipinski definition) is 1. The number of rotatable bonds is 2. The maximum atomic E-state index is 12.7. The van der Waals surface area contributed by atoms with E-state index in [0.717, 1.165) is 16.8 Å². The van der Waals surface area contributed by atoms with E-state index in [4.69, 9.17) is 11.6 Å². The van der Waals surface area contributed by atoms with Gasteiger partial charge in [-0.2, -0.15) is 13.2 Å². The molecule has 108 valence electrons. The Morgan fingerprint density at radius 2 is 1.85 bits per heavy atom. The number of halogens is 4. The van der Waals surface area contributed by atoms with Gasteiger partial charge in [0.1, 0.15) is 11.3 Å². The molecule has 1 N–H and O–H groups in total. The van der Waals surface area contributed by atoms with Gasteiger partial charge in [-0.05, 0) is 32.0 Å². The summed E-state index contributed by atoms with van der Waals surface area (Å²) in [4.78, 5) is 0. The van der Waals surface area contributed by atoms with Gasteiger partial charge in [-0.15, -0.1) is 5.10 Å². The predicted octanol–water partition coefficient (Wildman–Crippen LogP) is 3.17. The fourth-order valence-electron chi connectivity index (χ4n) is 1.54. The summed E-state index contributed by atoms with van der Waals surface area (Å²) in [6, 6.07) is 3.08. The zero-order valence-corrected chi connectivity index (χ0v) is 11.4. The van der Waals surface area contributed by atoms with Crippen molar-refractivity contribution in [3.8, 4) is 5.69 Å². The molecule has 0 aliphatic heterocycles. The highest BCUT2D eigenvalue weighted by atomic mass is 35.5. The highest BCUT2D eigenvalue weighted by molar-refractivity contribution is 6.30. The monoisotopic (exact) mass is 305 g/mol. The number of aromatic nitrogens is 3. The van der Waals surface area contributed by atoms with Crippen molar-refractivity contribution in [2.75, 3.05) is 0 Å². The highest BCUT2D eigenvalue weighted by Crippen LogP contribution is 2.32. The topological polar surface area (TPSA) is 50.9 Å². The molecule has 0 spiro atoms. The van der Waals surface area contributed by atoms with Crippen LogP contribution in [0.3, 0.4) is 0 Å². The summed E-state index contributed by atoms with van der Waals surface area (Å²) in [6.07, 6.45) is -3.15. The molecule has 0 aliphatic rings. The van der Waals surface area contributed by atoms with Crippen LogP contribution < -0.4 is 0 Å². The lowest BCUT2D eigenvalue weighted by atomic mass is 10.1. The molecule has 2 rings (SSSR count). The third-order valence-electron chi connectivity index (χ3n) is 2.59. The van der Waals surface area contributed by atoms with Crippen molar-refractivity contribution in [2.45, 2.75) is 25.6 Å². The Balaban J connectivity index is 2.48. The van der Waals surface area contributed by atoms with Crippen molar-refractivity contribution in [1.29, 1.82) is 0 Å². The van der Waals surface area contributed by atoms with Crippen molar-refractivity contribution in [3.63, 3.8) is 0 Å². The van der Waals surface area contributed by atoms with Gasteiger partial charge in [0.05, 0.1) is 17.4 Å². The van der Waals surface area contributed by atoms with E-state index in [2.05, 4.69) is 10.3 Å². The molecule has 1 aromatic heterocycles. The maximum absolute atomic E-state index is 12.7. The molecule has 0 radical (unpaired) electrons. The Bertz CT molecular complexity index is 632. The number of hydrogen-bond acceptors (Lipinski definition) is 3. The van der Waals surface area contributed by atoms with Gasteiger partial charge in [0, 0.05) is 5.02 Å². The lowest BCUT2D eigenvalue weighted by Gasteiger charge is -2.12. The molecular weight excluding hydrogens is 295 g/mol. The first-order valence-corrected chi connectivity index (χ1v) is 5.98. The van der Waals surface area contributed by atoms with Crippen LogP contribution in [0.4, 0.5) is 13.2 Å². The number of alkyl halides is 3. The molecule has 1 heterocycles. The summed E-state index contributed by atoms with van der Waals surface area (Å²) in [5, 5.41) is 17.1. The molecule has 8 heteroatoms. The van der Waals surface area contributed by atoms with Gasteiger partial charge >= 0.3 is 6.18 Å². The van der Waals surface area contributed by atoms with E-state index in [-0.39, 0.29) is 16.4 Å². The van der Waals surface area contributed by atoms with Crippen LogP contribution in [0.2, 0.25) is 5.02 Å². The molecular formula is C12H11ClF3N3O. The standard InChI is InChI=1S/C12H11ClF3N3O/c1-11(2,20)10-6-19(18-17-10)9-4-7(12(14,15)16)3-8(13)5-9/h3-6,20H,1-2H3. The molecule has 1 aromatic carbocycles. The van der Waals surface area contributed by atoms with Gasteiger partial charge in [0.25, 0.3) is 0 Å². The lowest BCUT2D eigenvalue weighted by molar-refractivity contribution is -0.137. The van der Waals surface area contributed by atoms with E-state index in [1.165, 1.54) is 26.1 Å². The molecule has 0 bridgehead atoms. The molecule has 0 atom stereocenters. The van der Waals surface area contributed by atoms with Crippen molar-refractivity contribution >= 4 is 11.6 Å². The van der Waals surface area contributed by atoms with Crippen molar-refractivity contribution in [3.05, 3.63) is 40.7 Å². The number of aliphatic hydroxyl groups is 1. The van der Waals surface area contributed by atoms with Gasteiger partial charge in [0.2, 0.25) is 0 Å². The Labute approximate surface area is 117 Å². The van der Waals surface area contributed by atoms with Gasteiger partial charge in [-0.1, -0.05) is 16.8 Å². The lowest BCUT2D eigenvalue weighted by Crippen LogP contribution is -2.15. The maximum Gasteiger partial charge on any atom is 0.416 e. The summed E-state index contributed by atoms with van der Waals surface area (Å²) in [5.74, 6) is 0. The third kappa shape index (κ3) is 3.10. The first-order valence-electron chi connectivity index (χ1n) is 5.61. The molecule has 0 saturated carbocycles. The molecule has 20 heavy (non-hydrogen) atoms. The average molecular weight is 306 g/mol. The fraction of sp³-hybridized carbons (Fsp3) is 0.333. The first-order chi connectivity index (χ1) is 9.07. The Morgan fingerprint density at radius 1 is 1.20 bits per heavy atom. The SMILES string of the molecule is CC(C)(O)c1cn(-c2cc(Cl)cc(C(F)(F)F)c2)nn1. The molecule has 2 aromatic rings. The third-order valence-corrected chi connectivity index (χ3v) is 2.81. The molecule has 4 nitrogen and oxygen atoms in total. The minimum Gasteiger partial charge on any atom is -0.384 e. The van der Waals surface area contributed by atoms with E-state index in [1.54, 1.807) is 0 Å². The summed E-state index contributed by atoms with van der Waals surface area (Å²) in [6.45, 7) is 3.00. The molecule has 0 amide bonds. The van der Waals surface area contributed by atoms with Gasteiger partial charge < -0.3 is 5.11 Å². The first kappa shape index (κ1) is 14.8. The molecule has 0 fully saturated rings. The smallest absolute Gasteiger partial charge is 0.384 e. The second-order valence-electron chi connectivity index (χ2n) is 4.80. The Morgan fingerprint density at radius 3 is 2.35 bits per heavy atom. The number of benzene rings is 1. The van der Waals surface area contributed by atoms with E-state index in [9.17, 15) is 18.3 Å². The quantitative estimate of drug-likeness (QED) is 0.927. The van der Waals surface area contributed by atoms with E-state index in [0.29, 0.717) is 0 Å². The Hall–Kier alpha value is -1.60. The highest BCUT2D eigenvalue weighted by Gasteiger charge is 2.31. The van der Waals surface area contributed by atoms with Crippen molar-refractivity contribution < 1.29 is 18.3 Å². The van der Waals surface area contributed by atoms with Crippen LogP contribution in [0.15, 0.2) is 24.4 Å². The normalized spacial score (nSPS) is 12.8. The summed E-state index contributed by atoms with van der Waals surface area (Å²) in [5.41, 5.74) is -1.75. The van der Waals surface area contributed by atoms with Crippen LogP contribution in [-0.4, -0.2) is 20.1 Å². The van der Waals surface area contributed by atoms with Gasteiger partial charge in [0.15, 0.2) is 0 Å². The van der Waals surface area contributed by atoms with E-state index in [1.807, 2.05) is 0 Å². The number of nitrogens with zero attached hydrogens (tertiary/aromatic N) is 3. The van der Waals surface area contributed by atoms with Crippen LogP contribution in [0.1, 0.15) is 25.1 Å². The zero-order chi connectivity index (χ0) is 15.1. The van der Waals surface area contributed by atoms with Gasteiger partial charge in [-0.25, -0.2) is 4.68 Å². The van der Waals surface area contributed by atoms with Crippen molar-refractivity contribution in [2.24, 2.45) is 0 Å². The zero-order valence-electron chi connectivity index (χ0n) is 10.6. The van der Waals surface area contributed by atoms with Crippen LogP contribution >= 0.6 is 11.6 Å². The van der Waals surface area contributed by atoms with Crippen LogP contribution in [-0.2, 0) is 11.8 Å². The minimum absolute atomic E-state index is 0.0601. The van der Waals surface area contributed by atoms with E-state index >= 15 is 0 Å². The summed E-state index contributed by atoms with van der Waals surface area (Å²) in [7, 11) is 0. The minimum atomic E-state index is -4.50. The van der Waals surface area contributed by atoms with Crippen LogP contribution in [0, 0.1) is 0 Å². The fourth-order valence-corrected chi connectivity index (χ4v) is 1.77. The van der Waals surface area contributed by atoms with Crippen molar-refractivity contribution in [1.82, 2.24) is 15.0 Å². The second-order valence-corrected chi connectivity index (χ2v) is 5.24. The van der Waals surface area contributed by atoms with Crippen LogP contribution in [0.5, 0.6) is 0 Å². The average Bonchev–Trinajstić information content (AvgIpc) is 2.75. The van der Waals surface area contributed by atoms with Crippen LogP contribution in [0.25, 0.3) is 5.69 Å². The second kappa shape index (κ2) is 4.75. The molecule has 0 saturated heterocycles. The largest absolute Gasteiger partial charge is 0.416 e. The van der Waals surface area contributed by atoms with Gasteiger partial charge in [-0.3, -0.25) is 0 Å². The predicted molar refractivity (Wildman–Crippen MR) is 66.6 cm³/mol. The summed E-state index contributed by atoms with van der Waals surface area (Å²) >= 11 is 5.69. The summed E-state index contributed by atoms with van der Waals surface area (Å²) < 4.78 is 39.3. The molecule has 0 aliphatic carbocycles.